The van der Waals surface area contributed by atoms with Gasteiger partial charge in [0.05, 0.1) is 5.69 Å². The van der Waals surface area contributed by atoms with Crippen molar-refractivity contribution in [3.8, 4) is 5.69 Å². The minimum absolute atomic E-state index is 0.257. The van der Waals surface area contributed by atoms with Crippen LogP contribution in [0.25, 0.3) is 16.9 Å². The number of pyridine rings is 1. The van der Waals surface area contributed by atoms with Gasteiger partial charge in [0, 0.05) is 18.2 Å². The molecule has 140 valence electrons. The van der Waals surface area contributed by atoms with E-state index in [9.17, 15) is 4.79 Å². The monoisotopic (exact) mass is 370 g/mol. The number of primary amides is 1. The van der Waals surface area contributed by atoms with Gasteiger partial charge in [-0.15, -0.1) is 0 Å². The molecule has 0 unspecified atom stereocenters. The van der Waals surface area contributed by atoms with Crippen LogP contribution in [0.1, 0.15) is 46.8 Å². The van der Waals surface area contributed by atoms with Gasteiger partial charge >= 0.3 is 0 Å². The van der Waals surface area contributed by atoms with Gasteiger partial charge in [0.2, 0.25) is 5.91 Å². The van der Waals surface area contributed by atoms with Crippen LogP contribution >= 0.6 is 0 Å². The molecule has 4 aromatic rings. The molecule has 0 atom stereocenters. The molecule has 0 fully saturated rings. The molecule has 2 N–H and O–H groups in total. The molecule has 0 aliphatic carbocycles. The molecule has 0 saturated carbocycles. The first kappa shape index (κ1) is 17.9. The Hall–Kier alpha value is -3.47. The van der Waals surface area contributed by atoms with Gasteiger partial charge < -0.3 is 5.73 Å². The molecular weight excluding hydrogens is 348 g/mol. The van der Waals surface area contributed by atoms with Gasteiger partial charge in [0.25, 0.3) is 0 Å². The third-order valence-corrected chi connectivity index (χ3v) is 4.97. The maximum atomic E-state index is 12.3. The molecule has 2 aromatic carbocycles. The van der Waals surface area contributed by atoms with Crippen molar-refractivity contribution in [3.05, 3.63) is 89.4 Å². The van der Waals surface area contributed by atoms with Gasteiger partial charge in [-0.05, 0) is 40.8 Å². The summed E-state index contributed by atoms with van der Waals surface area (Å²) < 4.78 is 1.98. The minimum atomic E-state index is -0.431. The number of rotatable bonds is 5. The van der Waals surface area contributed by atoms with Crippen molar-refractivity contribution >= 4 is 17.1 Å². The lowest BCUT2D eigenvalue weighted by Crippen LogP contribution is -2.17. The zero-order valence-corrected chi connectivity index (χ0v) is 16.0. The molecule has 0 aliphatic rings. The van der Waals surface area contributed by atoms with Gasteiger partial charge in [-0.2, -0.15) is 0 Å². The molecule has 5 nitrogen and oxygen atoms in total. The zero-order valence-electron chi connectivity index (χ0n) is 16.0. The van der Waals surface area contributed by atoms with E-state index in [2.05, 4.69) is 35.9 Å². The third-order valence-electron chi connectivity index (χ3n) is 4.97. The van der Waals surface area contributed by atoms with Gasteiger partial charge in [0.1, 0.15) is 11.8 Å². The molecule has 4 rings (SSSR count). The normalized spacial score (nSPS) is 11.2. The lowest BCUT2D eigenvalue weighted by molar-refractivity contribution is 0.0999. The van der Waals surface area contributed by atoms with E-state index in [0.29, 0.717) is 12.0 Å². The SMILES string of the molecule is CC(C)c1ccc(C(N)=O)c(Cc2ccccc2)c1-n1cnc2cccnc21. The maximum absolute atomic E-state index is 12.3. The molecular formula is C23H22N4O. The second-order valence-electron chi connectivity index (χ2n) is 7.17. The summed E-state index contributed by atoms with van der Waals surface area (Å²) in [6.07, 6.45) is 4.13. The Morgan fingerprint density at radius 3 is 2.54 bits per heavy atom. The van der Waals surface area contributed by atoms with E-state index in [4.69, 9.17) is 5.73 Å². The molecule has 0 spiro atoms. The number of imidazole rings is 1. The predicted molar refractivity (Wildman–Crippen MR) is 111 cm³/mol. The second-order valence-corrected chi connectivity index (χ2v) is 7.17. The first-order valence-corrected chi connectivity index (χ1v) is 9.34. The van der Waals surface area contributed by atoms with Crippen molar-refractivity contribution < 1.29 is 4.79 Å². The number of carbonyl (C=O) groups is 1. The molecule has 0 saturated heterocycles. The Kier molecular flexibility index (Phi) is 4.65. The fourth-order valence-corrected chi connectivity index (χ4v) is 3.63. The molecule has 1 amide bonds. The standard InChI is InChI=1S/C23H22N4O/c1-15(2)17-10-11-18(22(24)28)19(13-16-7-4-3-5-8-16)21(17)27-14-26-20-9-6-12-25-23(20)27/h3-12,14-15H,13H2,1-2H3,(H2,24,28). The van der Waals surface area contributed by atoms with Crippen molar-refractivity contribution in [3.63, 3.8) is 0 Å². The fourth-order valence-electron chi connectivity index (χ4n) is 3.63. The molecule has 0 radical (unpaired) electrons. The van der Waals surface area contributed by atoms with Gasteiger partial charge in [0.15, 0.2) is 5.65 Å². The topological polar surface area (TPSA) is 73.8 Å². The van der Waals surface area contributed by atoms with Crippen LogP contribution in [0.3, 0.4) is 0 Å². The van der Waals surface area contributed by atoms with E-state index in [1.54, 1.807) is 12.5 Å². The van der Waals surface area contributed by atoms with E-state index in [0.717, 1.165) is 33.5 Å². The summed E-state index contributed by atoms with van der Waals surface area (Å²) in [5.74, 6) is -0.174. The van der Waals surface area contributed by atoms with Crippen molar-refractivity contribution in [1.82, 2.24) is 14.5 Å². The first-order valence-electron chi connectivity index (χ1n) is 9.34. The smallest absolute Gasteiger partial charge is 0.249 e. The zero-order chi connectivity index (χ0) is 19.7. The summed E-state index contributed by atoms with van der Waals surface area (Å²) >= 11 is 0. The summed E-state index contributed by atoms with van der Waals surface area (Å²) in [5.41, 5.74) is 11.9. The highest BCUT2D eigenvalue weighted by Gasteiger charge is 2.21. The molecule has 2 heterocycles. The fraction of sp³-hybridized carbons (Fsp3) is 0.174. The number of fused-ring (bicyclic) bond motifs is 1. The third kappa shape index (κ3) is 3.16. The van der Waals surface area contributed by atoms with E-state index < -0.39 is 5.91 Å². The molecule has 0 bridgehead atoms. The number of aromatic nitrogens is 3. The lowest BCUT2D eigenvalue weighted by Gasteiger charge is -2.21. The average molecular weight is 370 g/mol. The summed E-state index contributed by atoms with van der Waals surface area (Å²) in [6.45, 7) is 4.28. The van der Waals surface area contributed by atoms with Crippen LogP contribution < -0.4 is 5.73 Å². The number of hydrogen-bond acceptors (Lipinski definition) is 3. The Morgan fingerprint density at radius 1 is 1.04 bits per heavy atom. The van der Waals surface area contributed by atoms with Crippen LogP contribution in [0.4, 0.5) is 0 Å². The van der Waals surface area contributed by atoms with Crippen molar-refractivity contribution in [2.24, 2.45) is 5.73 Å². The Balaban J connectivity index is 2.04. The van der Waals surface area contributed by atoms with Crippen LogP contribution in [-0.2, 0) is 6.42 Å². The van der Waals surface area contributed by atoms with Gasteiger partial charge in [-0.25, -0.2) is 9.97 Å². The largest absolute Gasteiger partial charge is 0.366 e. The van der Waals surface area contributed by atoms with Crippen molar-refractivity contribution in [2.45, 2.75) is 26.2 Å². The van der Waals surface area contributed by atoms with Crippen molar-refractivity contribution in [2.75, 3.05) is 0 Å². The Labute approximate surface area is 163 Å². The predicted octanol–water partition coefficient (Wildman–Crippen LogP) is 4.23. The van der Waals surface area contributed by atoms with Gasteiger partial charge in [-0.1, -0.05) is 50.2 Å². The molecule has 2 aromatic heterocycles. The van der Waals surface area contributed by atoms with Crippen LogP contribution in [0.15, 0.2) is 67.1 Å². The van der Waals surface area contributed by atoms with E-state index in [-0.39, 0.29) is 5.92 Å². The highest BCUT2D eigenvalue weighted by Crippen LogP contribution is 2.32. The highest BCUT2D eigenvalue weighted by molar-refractivity contribution is 5.96. The van der Waals surface area contributed by atoms with Gasteiger partial charge in [-0.3, -0.25) is 9.36 Å². The Bertz CT molecular complexity index is 1150. The van der Waals surface area contributed by atoms with Crippen molar-refractivity contribution in [1.29, 1.82) is 0 Å². The summed E-state index contributed by atoms with van der Waals surface area (Å²) in [7, 11) is 0. The van der Waals surface area contributed by atoms with Crippen LogP contribution in [-0.4, -0.2) is 20.4 Å². The number of hydrogen-bond donors (Lipinski definition) is 1. The summed E-state index contributed by atoms with van der Waals surface area (Å²) in [4.78, 5) is 21.3. The molecule has 0 aliphatic heterocycles. The number of nitrogens with zero attached hydrogens (tertiary/aromatic N) is 3. The Morgan fingerprint density at radius 2 is 1.82 bits per heavy atom. The number of nitrogens with two attached hydrogens (primary N) is 1. The lowest BCUT2D eigenvalue weighted by atomic mass is 9.90. The summed E-state index contributed by atoms with van der Waals surface area (Å²) in [5, 5.41) is 0. The first-order chi connectivity index (χ1) is 13.6. The maximum Gasteiger partial charge on any atom is 0.249 e. The second kappa shape index (κ2) is 7.27. The number of amides is 1. The number of benzene rings is 2. The number of carbonyl (C=O) groups excluding carboxylic acids is 1. The van der Waals surface area contributed by atoms with E-state index >= 15 is 0 Å². The highest BCUT2D eigenvalue weighted by atomic mass is 16.1. The molecule has 28 heavy (non-hydrogen) atoms. The van der Waals surface area contributed by atoms with Crippen LogP contribution in [0.5, 0.6) is 0 Å². The minimum Gasteiger partial charge on any atom is -0.366 e. The van der Waals surface area contributed by atoms with E-state index in [1.165, 1.54) is 0 Å². The molecule has 5 heteroatoms. The average Bonchev–Trinajstić information content (AvgIpc) is 3.12. The van der Waals surface area contributed by atoms with Crippen LogP contribution in [0, 0.1) is 0 Å². The quantitative estimate of drug-likeness (QED) is 0.571. The van der Waals surface area contributed by atoms with Crippen LogP contribution in [0.2, 0.25) is 0 Å². The summed E-state index contributed by atoms with van der Waals surface area (Å²) in [6, 6.07) is 17.7. The van der Waals surface area contributed by atoms with E-state index in [1.807, 2.05) is 47.0 Å².